The highest BCUT2D eigenvalue weighted by molar-refractivity contribution is 7.99. The van der Waals surface area contributed by atoms with Crippen molar-refractivity contribution in [2.24, 2.45) is 0 Å². The fourth-order valence-electron chi connectivity index (χ4n) is 2.16. The molecule has 1 aliphatic heterocycles. The molecule has 2 heterocycles. The maximum atomic E-state index is 10.5. The van der Waals surface area contributed by atoms with Gasteiger partial charge in [-0.2, -0.15) is 11.8 Å². The van der Waals surface area contributed by atoms with Crippen LogP contribution >= 0.6 is 11.8 Å². The number of hydrogen-bond donors (Lipinski definition) is 1. The molecule has 0 spiro atoms. The first kappa shape index (κ1) is 14.6. The molecule has 0 amide bonds. The highest BCUT2D eigenvalue weighted by Gasteiger charge is 2.28. The number of ether oxygens (including phenoxy) is 1. The minimum atomic E-state index is -0.504. The molecular formula is C14H22N2O2S. The number of nitrogens with zero attached hydrogens (tertiary/aromatic N) is 2. The van der Waals surface area contributed by atoms with E-state index in [4.69, 9.17) is 4.74 Å². The average Bonchev–Trinajstić information content (AvgIpc) is 2.45. The van der Waals surface area contributed by atoms with Crippen molar-refractivity contribution in [1.29, 1.82) is 0 Å². The van der Waals surface area contributed by atoms with Gasteiger partial charge < -0.3 is 9.84 Å². The summed E-state index contributed by atoms with van der Waals surface area (Å²) in [4.78, 5) is 6.39. The summed E-state index contributed by atoms with van der Waals surface area (Å²) < 4.78 is 5.57. The largest absolute Gasteiger partial charge is 0.492 e. The van der Waals surface area contributed by atoms with Crippen LogP contribution in [0.4, 0.5) is 0 Å². The van der Waals surface area contributed by atoms with Gasteiger partial charge in [-0.15, -0.1) is 0 Å². The van der Waals surface area contributed by atoms with Crippen molar-refractivity contribution in [3.63, 3.8) is 0 Å². The summed E-state index contributed by atoms with van der Waals surface area (Å²) in [6.45, 7) is 3.77. The highest BCUT2D eigenvalue weighted by atomic mass is 32.2. The first-order valence-electron chi connectivity index (χ1n) is 6.76. The van der Waals surface area contributed by atoms with E-state index in [2.05, 4.69) is 23.9 Å². The second-order valence-corrected chi connectivity index (χ2v) is 6.02. The molecule has 0 bridgehead atoms. The molecule has 0 aromatic carbocycles. The van der Waals surface area contributed by atoms with Crippen molar-refractivity contribution in [1.82, 2.24) is 9.88 Å². The molecule has 1 fully saturated rings. The number of aliphatic hydroxyl groups is 1. The number of aromatic nitrogens is 1. The lowest BCUT2D eigenvalue weighted by Crippen LogP contribution is -2.43. The summed E-state index contributed by atoms with van der Waals surface area (Å²) in [6, 6.07) is 2.06. The molecule has 106 valence electrons. The van der Waals surface area contributed by atoms with E-state index >= 15 is 0 Å². The van der Waals surface area contributed by atoms with Gasteiger partial charge in [0.1, 0.15) is 5.75 Å². The fraction of sp³-hybridized carbons (Fsp3) is 0.643. The molecule has 2 atom stereocenters. The lowest BCUT2D eigenvalue weighted by molar-refractivity contribution is 0.0753. The maximum Gasteiger partial charge on any atom is 0.137 e. The van der Waals surface area contributed by atoms with Gasteiger partial charge >= 0.3 is 0 Å². The third kappa shape index (κ3) is 3.84. The van der Waals surface area contributed by atoms with Crippen LogP contribution in [0.5, 0.6) is 5.75 Å². The van der Waals surface area contributed by atoms with Crippen LogP contribution in [0, 0.1) is 0 Å². The zero-order valence-electron chi connectivity index (χ0n) is 11.6. The molecule has 19 heavy (non-hydrogen) atoms. The summed E-state index contributed by atoms with van der Waals surface area (Å²) in [6.07, 6.45) is 3.90. The van der Waals surface area contributed by atoms with E-state index in [0.717, 1.165) is 35.8 Å². The van der Waals surface area contributed by atoms with Crippen molar-refractivity contribution in [3.05, 3.63) is 24.0 Å². The van der Waals surface area contributed by atoms with Crippen LogP contribution in [0.1, 0.15) is 25.0 Å². The molecule has 2 rings (SSSR count). The summed E-state index contributed by atoms with van der Waals surface area (Å²) in [5.74, 6) is 2.83. The minimum Gasteiger partial charge on any atom is -0.492 e. The Hall–Kier alpha value is -0.780. The van der Waals surface area contributed by atoms with E-state index in [1.54, 1.807) is 12.4 Å². The zero-order chi connectivity index (χ0) is 13.7. The topological polar surface area (TPSA) is 45.6 Å². The van der Waals surface area contributed by atoms with Crippen molar-refractivity contribution in [2.75, 3.05) is 31.7 Å². The van der Waals surface area contributed by atoms with Gasteiger partial charge in [-0.3, -0.25) is 9.88 Å². The number of pyridine rings is 1. The Morgan fingerprint density at radius 2 is 2.42 bits per heavy atom. The van der Waals surface area contributed by atoms with Crippen LogP contribution in [-0.4, -0.2) is 52.7 Å². The minimum absolute atomic E-state index is 0.155. The van der Waals surface area contributed by atoms with E-state index in [1.807, 2.05) is 17.8 Å². The molecule has 2 unspecified atom stereocenters. The molecule has 0 aliphatic carbocycles. The van der Waals surface area contributed by atoms with E-state index in [-0.39, 0.29) is 6.04 Å². The van der Waals surface area contributed by atoms with E-state index < -0.39 is 6.10 Å². The molecule has 1 aromatic rings. The summed E-state index contributed by atoms with van der Waals surface area (Å²) in [7, 11) is 2.07. The van der Waals surface area contributed by atoms with Crippen molar-refractivity contribution < 1.29 is 9.84 Å². The van der Waals surface area contributed by atoms with Crippen LogP contribution in [0.2, 0.25) is 0 Å². The van der Waals surface area contributed by atoms with Gasteiger partial charge in [0.2, 0.25) is 0 Å². The Labute approximate surface area is 119 Å². The standard InChI is InChI=1S/C14H22N2O2S/c1-3-5-18-12-7-11(8-15-9-12)14(17)13-10-19-6-4-16(13)2/h7-9,13-14,17H,3-6,10H2,1-2H3. The van der Waals surface area contributed by atoms with Crippen LogP contribution in [0.3, 0.4) is 0 Å². The Balaban J connectivity index is 2.07. The number of aliphatic hydroxyl groups excluding tert-OH is 1. The van der Waals surface area contributed by atoms with Gasteiger partial charge in [0.05, 0.1) is 18.9 Å². The third-order valence-corrected chi connectivity index (χ3v) is 4.40. The molecule has 1 N–H and O–H groups in total. The Bertz CT molecular complexity index is 403. The van der Waals surface area contributed by atoms with Gasteiger partial charge in [0, 0.05) is 35.9 Å². The molecule has 1 saturated heterocycles. The molecule has 1 aliphatic rings. The lowest BCUT2D eigenvalue weighted by Gasteiger charge is -2.35. The predicted molar refractivity (Wildman–Crippen MR) is 78.7 cm³/mol. The van der Waals surface area contributed by atoms with Gasteiger partial charge in [0.25, 0.3) is 0 Å². The second-order valence-electron chi connectivity index (χ2n) is 4.87. The maximum absolute atomic E-state index is 10.5. The average molecular weight is 282 g/mol. The van der Waals surface area contributed by atoms with Crippen LogP contribution < -0.4 is 4.74 Å². The van der Waals surface area contributed by atoms with Gasteiger partial charge in [-0.05, 0) is 19.5 Å². The molecule has 5 heteroatoms. The van der Waals surface area contributed by atoms with Crippen molar-refractivity contribution in [3.8, 4) is 5.75 Å². The Morgan fingerprint density at radius 1 is 1.58 bits per heavy atom. The predicted octanol–water partition coefficient (Wildman–Crippen LogP) is 1.95. The number of hydrogen-bond acceptors (Lipinski definition) is 5. The number of thioether (sulfide) groups is 1. The van der Waals surface area contributed by atoms with Crippen molar-refractivity contribution >= 4 is 11.8 Å². The number of likely N-dealkylation sites (N-methyl/N-ethyl adjacent to an activating group) is 1. The molecule has 4 nitrogen and oxygen atoms in total. The molecule has 0 saturated carbocycles. The normalized spacial score (nSPS) is 22.2. The Morgan fingerprint density at radius 3 is 3.16 bits per heavy atom. The summed E-state index contributed by atoms with van der Waals surface area (Å²) >= 11 is 1.89. The number of rotatable bonds is 5. The summed E-state index contributed by atoms with van der Waals surface area (Å²) in [5.41, 5.74) is 0.841. The van der Waals surface area contributed by atoms with E-state index in [1.165, 1.54) is 0 Å². The van der Waals surface area contributed by atoms with Gasteiger partial charge in [-0.1, -0.05) is 6.92 Å². The molecular weight excluding hydrogens is 260 g/mol. The smallest absolute Gasteiger partial charge is 0.137 e. The Kier molecular flexibility index (Phi) is 5.48. The first-order chi connectivity index (χ1) is 9.22. The van der Waals surface area contributed by atoms with Crippen LogP contribution in [0.15, 0.2) is 18.5 Å². The van der Waals surface area contributed by atoms with Gasteiger partial charge in [-0.25, -0.2) is 0 Å². The molecule has 0 radical (unpaired) electrons. The molecule has 1 aromatic heterocycles. The lowest BCUT2D eigenvalue weighted by atomic mass is 10.0. The van der Waals surface area contributed by atoms with E-state index in [0.29, 0.717) is 6.61 Å². The van der Waals surface area contributed by atoms with E-state index in [9.17, 15) is 5.11 Å². The van der Waals surface area contributed by atoms with Crippen LogP contribution in [0.25, 0.3) is 0 Å². The zero-order valence-corrected chi connectivity index (χ0v) is 12.4. The monoisotopic (exact) mass is 282 g/mol. The summed E-state index contributed by atoms with van der Waals surface area (Å²) in [5, 5.41) is 10.5. The van der Waals surface area contributed by atoms with Crippen LogP contribution in [-0.2, 0) is 0 Å². The quantitative estimate of drug-likeness (QED) is 0.894. The fourth-order valence-corrected chi connectivity index (χ4v) is 3.42. The van der Waals surface area contributed by atoms with Crippen molar-refractivity contribution in [2.45, 2.75) is 25.5 Å². The second kappa shape index (κ2) is 7.12. The third-order valence-electron chi connectivity index (χ3n) is 3.36. The van der Waals surface area contributed by atoms with Gasteiger partial charge in [0.15, 0.2) is 0 Å². The first-order valence-corrected chi connectivity index (χ1v) is 7.91. The SMILES string of the molecule is CCCOc1cncc(C(O)C2CSCCN2C)c1. The highest BCUT2D eigenvalue weighted by Crippen LogP contribution is 2.27.